The van der Waals surface area contributed by atoms with Crippen molar-refractivity contribution in [1.82, 2.24) is 9.80 Å². The Morgan fingerprint density at radius 3 is 2.69 bits per heavy atom. The molecule has 16 heavy (non-hydrogen) atoms. The van der Waals surface area contributed by atoms with E-state index in [4.69, 9.17) is 5.11 Å². The first-order valence-corrected chi connectivity index (χ1v) is 5.69. The van der Waals surface area contributed by atoms with Crippen LogP contribution in [0.5, 0.6) is 0 Å². The molecule has 0 bridgehead atoms. The summed E-state index contributed by atoms with van der Waals surface area (Å²) in [6, 6.07) is -0.229. The molecule has 0 radical (unpaired) electrons. The molecule has 92 valence electrons. The van der Waals surface area contributed by atoms with Crippen LogP contribution in [0.4, 0.5) is 0 Å². The van der Waals surface area contributed by atoms with E-state index in [1.807, 2.05) is 18.7 Å². The molecule has 0 aromatic carbocycles. The van der Waals surface area contributed by atoms with Gasteiger partial charge in [0.25, 0.3) is 0 Å². The van der Waals surface area contributed by atoms with Crippen molar-refractivity contribution in [2.24, 2.45) is 0 Å². The molecule has 1 amide bonds. The number of rotatable bonds is 5. The van der Waals surface area contributed by atoms with Crippen LogP contribution < -0.4 is 0 Å². The quantitative estimate of drug-likeness (QED) is 0.740. The van der Waals surface area contributed by atoms with Crippen LogP contribution in [0.2, 0.25) is 0 Å². The molecule has 0 spiro atoms. The van der Waals surface area contributed by atoms with Gasteiger partial charge < -0.3 is 10.0 Å². The molecular weight excluding hydrogens is 208 g/mol. The van der Waals surface area contributed by atoms with Gasteiger partial charge in [0.1, 0.15) is 0 Å². The normalized spacial score (nSPS) is 22.9. The second-order valence-electron chi connectivity index (χ2n) is 4.34. The maximum atomic E-state index is 11.8. The largest absolute Gasteiger partial charge is 0.481 e. The Kier molecular flexibility index (Phi) is 4.29. The second-order valence-corrected chi connectivity index (χ2v) is 4.34. The molecule has 1 fully saturated rings. The Balaban J connectivity index is 2.67. The number of likely N-dealkylation sites (N-methyl/N-ethyl adjacent to an activating group) is 2. The maximum absolute atomic E-state index is 11.8. The van der Waals surface area contributed by atoms with Gasteiger partial charge in [0, 0.05) is 19.6 Å². The first kappa shape index (κ1) is 13.0. The highest BCUT2D eigenvalue weighted by Crippen LogP contribution is 2.19. The molecule has 1 rings (SSSR count). The van der Waals surface area contributed by atoms with Crippen molar-refractivity contribution in [2.75, 3.05) is 20.1 Å². The number of hydrogen-bond donors (Lipinski definition) is 1. The van der Waals surface area contributed by atoms with Crippen LogP contribution in [0, 0.1) is 0 Å². The number of carboxylic acids is 1. The molecule has 5 heteroatoms. The third kappa shape index (κ3) is 2.72. The lowest BCUT2D eigenvalue weighted by molar-refractivity contribution is -0.140. The number of aliphatic carboxylic acids is 1. The number of carbonyl (C=O) groups is 2. The molecule has 0 aromatic heterocycles. The second kappa shape index (κ2) is 5.30. The smallest absolute Gasteiger partial charge is 0.304 e. The fourth-order valence-electron chi connectivity index (χ4n) is 2.32. The summed E-state index contributed by atoms with van der Waals surface area (Å²) in [6.45, 7) is 5.30. The minimum atomic E-state index is -0.815. The van der Waals surface area contributed by atoms with Gasteiger partial charge in [-0.1, -0.05) is 6.92 Å². The Hall–Kier alpha value is -1.10. The molecule has 1 aliphatic rings. The number of nitrogens with zero attached hydrogens (tertiary/aromatic N) is 2. The van der Waals surface area contributed by atoms with Crippen molar-refractivity contribution in [3.8, 4) is 0 Å². The highest BCUT2D eigenvalue weighted by Gasteiger charge is 2.35. The van der Waals surface area contributed by atoms with Crippen LogP contribution in [-0.2, 0) is 9.59 Å². The molecule has 1 saturated heterocycles. The SMILES string of the molecule is CCN(C(C)CC(=O)O)C1CCN(C)C1=O. The zero-order valence-corrected chi connectivity index (χ0v) is 10.1. The van der Waals surface area contributed by atoms with Gasteiger partial charge in [-0.25, -0.2) is 0 Å². The summed E-state index contributed by atoms with van der Waals surface area (Å²) >= 11 is 0. The first-order chi connectivity index (χ1) is 7.47. The molecule has 0 saturated carbocycles. The van der Waals surface area contributed by atoms with Crippen LogP contribution in [0.15, 0.2) is 0 Å². The first-order valence-electron chi connectivity index (χ1n) is 5.69. The Morgan fingerprint density at radius 2 is 2.31 bits per heavy atom. The topological polar surface area (TPSA) is 60.9 Å². The van der Waals surface area contributed by atoms with Crippen molar-refractivity contribution in [3.05, 3.63) is 0 Å². The minimum absolute atomic E-state index is 0.0847. The summed E-state index contributed by atoms with van der Waals surface area (Å²) in [4.78, 5) is 26.2. The minimum Gasteiger partial charge on any atom is -0.481 e. The summed E-state index contributed by atoms with van der Waals surface area (Å²) in [6.07, 6.45) is 0.883. The Bertz CT molecular complexity index is 280. The van der Waals surface area contributed by atoms with Gasteiger partial charge in [-0.05, 0) is 19.9 Å². The Labute approximate surface area is 96.0 Å². The van der Waals surface area contributed by atoms with Gasteiger partial charge in [-0.3, -0.25) is 14.5 Å². The van der Waals surface area contributed by atoms with Crippen LogP contribution >= 0.6 is 0 Å². The van der Waals surface area contributed by atoms with Crippen LogP contribution in [0.3, 0.4) is 0 Å². The van der Waals surface area contributed by atoms with Gasteiger partial charge in [0.15, 0.2) is 0 Å². The molecule has 1 N–H and O–H groups in total. The van der Waals surface area contributed by atoms with Crippen molar-refractivity contribution < 1.29 is 14.7 Å². The zero-order chi connectivity index (χ0) is 12.3. The molecule has 0 aliphatic carbocycles. The van der Waals surface area contributed by atoms with E-state index in [2.05, 4.69) is 0 Å². The standard InChI is InChI=1S/C11H20N2O3/c1-4-13(8(2)7-10(14)15)9-5-6-12(3)11(9)16/h8-9H,4-7H2,1-3H3,(H,14,15). The summed E-state index contributed by atoms with van der Waals surface area (Å²) in [5.41, 5.74) is 0. The number of likely N-dealkylation sites (tertiary alicyclic amines) is 1. The van der Waals surface area contributed by atoms with Crippen molar-refractivity contribution >= 4 is 11.9 Å². The van der Waals surface area contributed by atoms with Crippen molar-refractivity contribution in [1.29, 1.82) is 0 Å². The summed E-state index contributed by atoms with van der Waals surface area (Å²) in [5, 5.41) is 8.77. The number of carbonyl (C=O) groups excluding carboxylic acids is 1. The van der Waals surface area contributed by atoms with Crippen molar-refractivity contribution in [2.45, 2.75) is 38.8 Å². The molecule has 0 aromatic rings. The van der Waals surface area contributed by atoms with E-state index < -0.39 is 5.97 Å². The molecule has 1 heterocycles. The van der Waals surface area contributed by atoms with Gasteiger partial charge in [-0.2, -0.15) is 0 Å². The van der Waals surface area contributed by atoms with E-state index in [0.717, 1.165) is 13.0 Å². The zero-order valence-electron chi connectivity index (χ0n) is 10.1. The Morgan fingerprint density at radius 1 is 1.69 bits per heavy atom. The monoisotopic (exact) mass is 228 g/mol. The van der Waals surface area contributed by atoms with Crippen LogP contribution in [0.1, 0.15) is 26.7 Å². The van der Waals surface area contributed by atoms with E-state index in [0.29, 0.717) is 6.54 Å². The average Bonchev–Trinajstić information content (AvgIpc) is 2.50. The predicted molar refractivity (Wildman–Crippen MR) is 60.1 cm³/mol. The van der Waals surface area contributed by atoms with Crippen LogP contribution in [0.25, 0.3) is 0 Å². The fraction of sp³-hybridized carbons (Fsp3) is 0.818. The molecule has 5 nitrogen and oxygen atoms in total. The summed E-state index contributed by atoms with van der Waals surface area (Å²) in [5.74, 6) is -0.705. The van der Waals surface area contributed by atoms with Gasteiger partial charge in [0.05, 0.1) is 12.5 Å². The van der Waals surface area contributed by atoms with Crippen molar-refractivity contribution in [3.63, 3.8) is 0 Å². The van der Waals surface area contributed by atoms with Gasteiger partial charge in [-0.15, -0.1) is 0 Å². The maximum Gasteiger partial charge on any atom is 0.304 e. The lowest BCUT2D eigenvalue weighted by Crippen LogP contribution is -2.46. The third-order valence-corrected chi connectivity index (χ3v) is 3.20. The number of amides is 1. The summed E-state index contributed by atoms with van der Waals surface area (Å²) < 4.78 is 0. The van der Waals surface area contributed by atoms with E-state index in [1.54, 1.807) is 11.9 Å². The highest BCUT2D eigenvalue weighted by atomic mass is 16.4. The molecule has 2 unspecified atom stereocenters. The molecule has 1 aliphatic heterocycles. The number of carboxylic acid groups (broad SMARTS) is 1. The fourth-order valence-corrected chi connectivity index (χ4v) is 2.32. The van der Waals surface area contributed by atoms with Gasteiger partial charge in [0.2, 0.25) is 5.91 Å². The summed E-state index contributed by atoms with van der Waals surface area (Å²) in [7, 11) is 1.79. The van der Waals surface area contributed by atoms with E-state index in [1.165, 1.54) is 0 Å². The van der Waals surface area contributed by atoms with Crippen LogP contribution in [-0.4, -0.2) is 59.0 Å². The van der Waals surface area contributed by atoms with E-state index in [9.17, 15) is 9.59 Å². The van der Waals surface area contributed by atoms with E-state index >= 15 is 0 Å². The van der Waals surface area contributed by atoms with E-state index in [-0.39, 0.29) is 24.4 Å². The van der Waals surface area contributed by atoms with Gasteiger partial charge >= 0.3 is 5.97 Å². The lowest BCUT2D eigenvalue weighted by Gasteiger charge is -2.31. The highest BCUT2D eigenvalue weighted by molar-refractivity contribution is 5.83. The molecular formula is C11H20N2O3. The number of hydrogen-bond acceptors (Lipinski definition) is 3. The molecule has 2 atom stereocenters. The average molecular weight is 228 g/mol. The third-order valence-electron chi connectivity index (χ3n) is 3.20. The predicted octanol–water partition coefficient (Wildman–Crippen LogP) is 0.402. The lowest BCUT2D eigenvalue weighted by atomic mass is 10.1.